The second kappa shape index (κ2) is 4.90. The third-order valence-electron chi connectivity index (χ3n) is 3.09. The number of thiophene rings is 1. The first-order valence-electron chi connectivity index (χ1n) is 5.98. The lowest BCUT2D eigenvalue weighted by atomic mass is 10.2. The SMILES string of the molecule is Nc1cnc(NCc2cc3c(s2)CCC3)c(Br)c1. The van der Waals surface area contributed by atoms with Gasteiger partial charge in [-0.05, 0) is 52.9 Å². The van der Waals surface area contributed by atoms with E-state index in [4.69, 9.17) is 5.73 Å². The highest BCUT2D eigenvalue weighted by Gasteiger charge is 2.14. The minimum Gasteiger partial charge on any atom is -0.397 e. The molecule has 0 saturated heterocycles. The number of rotatable bonds is 3. The molecular formula is C13H14BrN3S. The quantitative estimate of drug-likeness (QED) is 0.907. The molecule has 2 heterocycles. The molecule has 94 valence electrons. The van der Waals surface area contributed by atoms with Crippen molar-refractivity contribution in [1.82, 2.24) is 4.98 Å². The molecule has 3 N–H and O–H groups in total. The van der Waals surface area contributed by atoms with Crippen molar-refractivity contribution in [3.63, 3.8) is 0 Å². The second-order valence-corrected chi connectivity index (χ2v) is 6.54. The molecule has 3 rings (SSSR count). The van der Waals surface area contributed by atoms with Crippen LogP contribution >= 0.6 is 27.3 Å². The molecule has 0 aromatic carbocycles. The topological polar surface area (TPSA) is 50.9 Å². The number of hydrogen-bond donors (Lipinski definition) is 2. The molecule has 2 aromatic heterocycles. The van der Waals surface area contributed by atoms with Gasteiger partial charge in [0.25, 0.3) is 0 Å². The molecule has 0 bridgehead atoms. The van der Waals surface area contributed by atoms with Gasteiger partial charge in [-0.25, -0.2) is 4.98 Å². The highest BCUT2D eigenvalue weighted by molar-refractivity contribution is 9.10. The molecule has 0 amide bonds. The predicted octanol–water partition coefficient (Wildman–Crippen LogP) is 3.59. The Morgan fingerprint density at radius 2 is 2.28 bits per heavy atom. The van der Waals surface area contributed by atoms with E-state index in [1.165, 1.54) is 24.1 Å². The van der Waals surface area contributed by atoms with Gasteiger partial charge < -0.3 is 11.1 Å². The van der Waals surface area contributed by atoms with E-state index in [1.54, 1.807) is 16.6 Å². The molecule has 1 aliphatic rings. The van der Waals surface area contributed by atoms with Crippen LogP contribution in [0.4, 0.5) is 11.5 Å². The van der Waals surface area contributed by atoms with Crippen LogP contribution in [0.15, 0.2) is 22.8 Å². The van der Waals surface area contributed by atoms with Crippen LogP contribution in [-0.2, 0) is 19.4 Å². The van der Waals surface area contributed by atoms with Gasteiger partial charge in [-0.3, -0.25) is 0 Å². The van der Waals surface area contributed by atoms with E-state index in [-0.39, 0.29) is 0 Å². The lowest BCUT2D eigenvalue weighted by molar-refractivity contribution is 0.913. The maximum absolute atomic E-state index is 5.67. The van der Waals surface area contributed by atoms with Crippen LogP contribution in [0, 0.1) is 0 Å². The molecule has 0 aliphatic heterocycles. The molecule has 0 atom stereocenters. The fourth-order valence-electron chi connectivity index (χ4n) is 2.23. The zero-order valence-corrected chi connectivity index (χ0v) is 12.3. The summed E-state index contributed by atoms with van der Waals surface area (Å²) in [5, 5.41) is 3.34. The van der Waals surface area contributed by atoms with Crippen LogP contribution in [-0.4, -0.2) is 4.98 Å². The van der Waals surface area contributed by atoms with Gasteiger partial charge in [-0.15, -0.1) is 11.3 Å². The third kappa shape index (κ3) is 2.37. The molecule has 2 aromatic rings. The highest BCUT2D eigenvalue weighted by atomic mass is 79.9. The number of nitrogens with zero attached hydrogens (tertiary/aromatic N) is 1. The molecular weight excluding hydrogens is 310 g/mol. The summed E-state index contributed by atoms with van der Waals surface area (Å²) in [5.74, 6) is 0.845. The summed E-state index contributed by atoms with van der Waals surface area (Å²) in [5.41, 5.74) is 7.88. The van der Waals surface area contributed by atoms with Crippen LogP contribution in [0.5, 0.6) is 0 Å². The van der Waals surface area contributed by atoms with E-state index in [0.29, 0.717) is 5.69 Å². The van der Waals surface area contributed by atoms with Crippen molar-refractivity contribution in [3.05, 3.63) is 38.1 Å². The normalized spacial score (nSPS) is 13.6. The Morgan fingerprint density at radius 3 is 3.06 bits per heavy atom. The van der Waals surface area contributed by atoms with Crippen molar-refractivity contribution in [2.45, 2.75) is 25.8 Å². The number of anilines is 2. The average Bonchev–Trinajstić information content (AvgIpc) is 2.88. The summed E-state index contributed by atoms with van der Waals surface area (Å²) >= 11 is 5.38. The van der Waals surface area contributed by atoms with Crippen molar-refractivity contribution in [2.24, 2.45) is 0 Å². The van der Waals surface area contributed by atoms with Crippen molar-refractivity contribution < 1.29 is 0 Å². The lowest BCUT2D eigenvalue weighted by Gasteiger charge is -2.06. The van der Waals surface area contributed by atoms with E-state index in [0.717, 1.165) is 16.8 Å². The first-order chi connectivity index (χ1) is 8.72. The van der Waals surface area contributed by atoms with Crippen LogP contribution < -0.4 is 11.1 Å². The van der Waals surface area contributed by atoms with Crippen LogP contribution in [0.3, 0.4) is 0 Å². The molecule has 0 saturated carbocycles. The molecule has 1 aliphatic carbocycles. The molecule has 0 fully saturated rings. The smallest absolute Gasteiger partial charge is 0.140 e. The van der Waals surface area contributed by atoms with Crippen molar-refractivity contribution >= 4 is 38.8 Å². The second-order valence-electron chi connectivity index (χ2n) is 4.47. The van der Waals surface area contributed by atoms with Crippen molar-refractivity contribution in [2.75, 3.05) is 11.1 Å². The third-order valence-corrected chi connectivity index (χ3v) is 4.93. The number of nitrogens with one attached hydrogen (secondary N) is 1. The molecule has 0 unspecified atom stereocenters. The summed E-state index contributed by atoms with van der Waals surface area (Å²) in [7, 11) is 0. The average molecular weight is 324 g/mol. The van der Waals surface area contributed by atoms with Crippen molar-refractivity contribution in [3.8, 4) is 0 Å². The van der Waals surface area contributed by atoms with Gasteiger partial charge in [0.15, 0.2) is 0 Å². The fourth-order valence-corrected chi connectivity index (χ4v) is 3.94. The first-order valence-corrected chi connectivity index (χ1v) is 7.58. The fraction of sp³-hybridized carbons (Fsp3) is 0.308. The number of nitrogens with two attached hydrogens (primary N) is 1. The number of hydrogen-bond acceptors (Lipinski definition) is 4. The highest BCUT2D eigenvalue weighted by Crippen LogP contribution is 2.31. The van der Waals surface area contributed by atoms with Gasteiger partial charge in [-0.2, -0.15) is 0 Å². The molecule has 18 heavy (non-hydrogen) atoms. The Morgan fingerprint density at radius 1 is 1.39 bits per heavy atom. The minimum absolute atomic E-state index is 0.669. The summed E-state index contributed by atoms with van der Waals surface area (Å²) < 4.78 is 0.909. The van der Waals surface area contributed by atoms with Crippen molar-refractivity contribution in [1.29, 1.82) is 0 Å². The number of aromatic nitrogens is 1. The Labute approximate surface area is 119 Å². The van der Waals surface area contributed by atoms with E-state index in [2.05, 4.69) is 32.3 Å². The van der Waals surface area contributed by atoms with Gasteiger partial charge in [0.05, 0.1) is 22.9 Å². The monoisotopic (exact) mass is 323 g/mol. The number of nitrogen functional groups attached to an aromatic ring is 1. The van der Waals surface area contributed by atoms with Gasteiger partial charge in [-0.1, -0.05) is 0 Å². The van der Waals surface area contributed by atoms with Crippen LogP contribution in [0.1, 0.15) is 21.7 Å². The lowest BCUT2D eigenvalue weighted by Crippen LogP contribution is -2.01. The standard InChI is InChI=1S/C13H14BrN3S/c14-11-5-9(15)6-16-13(11)17-7-10-4-8-2-1-3-12(8)18-10/h4-6H,1-3,7,15H2,(H,16,17). The largest absolute Gasteiger partial charge is 0.397 e. The summed E-state index contributed by atoms with van der Waals surface area (Å²) in [4.78, 5) is 7.22. The van der Waals surface area contributed by atoms with Crippen LogP contribution in [0.25, 0.3) is 0 Å². The van der Waals surface area contributed by atoms with E-state index in [9.17, 15) is 0 Å². The van der Waals surface area contributed by atoms with Gasteiger partial charge in [0.2, 0.25) is 0 Å². The number of pyridine rings is 1. The Balaban J connectivity index is 1.70. The van der Waals surface area contributed by atoms with Crippen LogP contribution in [0.2, 0.25) is 0 Å². The van der Waals surface area contributed by atoms with E-state index in [1.807, 2.05) is 17.4 Å². The Kier molecular flexibility index (Phi) is 3.26. The Hall–Kier alpha value is -1.07. The first kappa shape index (κ1) is 12.0. The maximum Gasteiger partial charge on any atom is 0.140 e. The zero-order valence-electron chi connectivity index (χ0n) is 9.87. The molecule has 0 radical (unpaired) electrons. The van der Waals surface area contributed by atoms with E-state index < -0.39 is 0 Å². The Bertz CT molecular complexity index is 558. The molecule has 0 spiro atoms. The summed E-state index contributed by atoms with van der Waals surface area (Å²) in [6, 6.07) is 4.19. The minimum atomic E-state index is 0.669. The van der Waals surface area contributed by atoms with Gasteiger partial charge >= 0.3 is 0 Å². The summed E-state index contributed by atoms with van der Waals surface area (Å²) in [6.45, 7) is 0.827. The number of halogens is 1. The predicted molar refractivity (Wildman–Crippen MR) is 80.0 cm³/mol. The van der Waals surface area contributed by atoms with Gasteiger partial charge in [0, 0.05) is 9.75 Å². The maximum atomic E-state index is 5.67. The number of aryl methyl sites for hydroxylation is 2. The summed E-state index contributed by atoms with van der Waals surface area (Å²) in [6.07, 6.45) is 5.49. The molecule has 5 heteroatoms. The molecule has 3 nitrogen and oxygen atoms in total. The number of fused-ring (bicyclic) bond motifs is 1. The van der Waals surface area contributed by atoms with Gasteiger partial charge in [0.1, 0.15) is 5.82 Å². The zero-order chi connectivity index (χ0) is 12.5. The van der Waals surface area contributed by atoms with E-state index >= 15 is 0 Å².